The number of hydrogen-bond acceptors (Lipinski definition) is 2. The summed E-state index contributed by atoms with van der Waals surface area (Å²) in [7, 11) is 0. The van der Waals surface area contributed by atoms with Crippen molar-refractivity contribution in [3.05, 3.63) is 30.1 Å². The highest BCUT2D eigenvalue weighted by molar-refractivity contribution is 5.90. The van der Waals surface area contributed by atoms with E-state index in [4.69, 9.17) is 0 Å². The number of carbonyl (C=O) groups is 2. The zero-order valence-corrected chi connectivity index (χ0v) is 12.1. The zero-order chi connectivity index (χ0) is 15.6. The quantitative estimate of drug-likeness (QED) is 0.900. The maximum Gasteiger partial charge on any atom is 0.321 e. The van der Waals surface area contributed by atoms with Gasteiger partial charge in [-0.05, 0) is 36.6 Å². The van der Waals surface area contributed by atoms with Gasteiger partial charge < -0.3 is 15.3 Å². The molecule has 21 heavy (non-hydrogen) atoms. The molecule has 0 aliphatic carbocycles. The highest BCUT2D eigenvalue weighted by atomic mass is 19.1. The molecular weight excluding hydrogens is 275 g/mol. The topological polar surface area (TPSA) is 69.6 Å². The van der Waals surface area contributed by atoms with Crippen LogP contribution in [0.1, 0.15) is 20.3 Å². The lowest BCUT2D eigenvalue weighted by Crippen LogP contribution is -2.41. The van der Waals surface area contributed by atoms with E-state index in [2.05, 4.69) is 5.32 Å². The number of rotatable bonds is 3. The normalized spacial score (nSPS) is 21.6. The third-order valence-electron chi connectivity index (χ3n) is 4.21. The van der Waals surface area contributed by atoms with Gasteiger partial charge in [-0.15, -0.1) is 0 Å². The summed E-state index contributed by atoms with van der Waals surface area (Å²) in [5, 5.41) is 12.1. The summed E-state index contributed by atoms with van der Waals surface area (Å²) in [5.74, 6) is -1.30. The van der Waals surface area contributed by atoms with Crippen LogP contribution in [0.3, 0.4) is 0 Å². The molecule has 6 heteroatoms. The van der Waals surface area contributed by atoms with E-state index in [1.165, 1.54) is 29.2 Å². The number of hydrogen-bond donors (Lipinski definition) is 2. The summed E-state index contributed by atoms with van der Waals surface area (Å²) in [4.78, 5) is 25.2. The maximum atomic E-state index is 12.8. The highest BCUT2D eigenvalue weighted by Crippen LogP contribution is 2.38. The van der Waals surface area contributed by atoms with Gasteiger partial charge in [-0.2, -0.15) is 0 Å². The summed E-state index contributed by atoms with van der Waals surface area (Å²) < 4.78 is 12.8. The molecule has 2 rings (SSSR count). The van der Waals surface area contributed by atoms with Gasteiger partial charge in [0.15, 0.2) is 0 Å². The number of likely N-dealkylation sites (tertiary alicyclic amines) is 1. The molecule has 1 aliphatic rings. The molecule has 0 radical (unpaired) electrons. The molecule has 1 aromatic rings. The molecular formula is C15H19FN2O3. The number of amides is 2. The van der Waals surface area contributed by atoms with Crippen molar-refractivity contribution >= 4 is 17.7 Å². The smallest absolute Gasteiger partial charge is 0.321 e. The molecule has 1 saturated heterocycles. The first-order chi connectivity index (χ1) is 9.85. The van der Waals surface area contributed by atoms with Gasteiger partial charge in [-0.1, -0.05) is 13.8 Å². The van der Waals surface area contributed by atoms with E-state index >= 15 is 0 Å². The first kappa shape index (κ1) is 15.3. The van der Waals surface area contributed by atoms with Crippen LogP contribution < -0.4 is 5.32 Å². The van der Waals surface area contributed by atoms with Gasteiger partial charge >= 0.3 is 12.0 Å². The standard InChI is InChI=1S/C15H19FN2O3/c1-10(2)15(13(19)20)7-8-18(9-15)14(21)17-12-5-3-11(16)4-6-12/h3-6,10H,7-9H2,1-2H3,(H,17,21)(H,19,20). The van der Waals surface area contributed by atoms with Crippen LogP contribution in [0.2, 0.25) is 0 Å². The molecule has 0 aromatic heterocycles. The number of nitrogens with one attached hydrogen (secondary N) is 1. The van der Waals surface area contributed by atoms with Crippen LogP contribution in [0.4, 0.5) is 14.9 Å². The Morgan fingerprint density at radius 3 is 2.43 bits per heavy atom. The molecule has 1 aromatic carbocycles. The highest BCUT2D eigenvalue weighted by Gasteiger charge is 2.48. The van der Waals surface area contributed by atoms with E-state index in [9.17, 15) is 19.1 Å². The predicted octanol–water partition coefficient (Wildman–Crippen LogP) is 2.79. The minimum atomic E-state index is -0.889. The van der Waals surface area contributed by atoms with E-state index in [0.717, 1.165) is 0 Å². The van der Waals surface area contributed by atoms with Gasteiger partial charge in [0.1, 0.15) is 5.82 Å². The van der Waals surface area contributed by atoms with Crippen molar-refractivity contribution < 1.29 is 19.1 Å². The van der Waals surface area contributed by atoms with E-state index in [0.29, 0.717) is 18.7 Å². The lowest BCUT2D eigenvalue weighted by Gasteiger charge is -2.28. The Hall–Kier alpha value is -2.11. The Balaban J connectivity index is 2.05. The van der Waals surface area contributed by atoms with E-state index < -0.39 is 11.4 Å². The fourth-order valence-corrected chi connectivity index (χ4v) is 2.64. The third kappa shape index (κ3) is 2.99. The molecule has 2 amide bonds. The number of nitrogens with zero attached hydrogens (tertiary/aromatic N) is 1. The Bertz CT molecular complexity index is 544. The number of urea groups is 1. The molecule has 1 heterocycles. The molecule has 0 bridgehead atoms. The largest absolute Gasteiger partial charge is 0.481 e. The van der Waals surface area contributed by atoms with Crippen LogP contribution in [0, 0.1) is 17.2 Å². The van der Waals surface area contributed by atoms with Crippen molar-refractivity contribution in [3.8, 4) is 0 Å². The van der Waals surface area contributed by atoms with Crippen LogP contribution in [0.25, 0.3) is 0 Å². The maximum absolute atomic E-state index is 12.8. The number of carbonyl (C=O) groups excluding carboxylic acids is 1. The van der Waals surface area contributed by atoms with Gasteiger partial charge in [-0.3, -0.25) is 4.79 Å². The number of carboxylic acids is 1. The average molecular weight is 294 g/mol. The van der Waals surface area contributed by atoms with Crippen LogP contribution in [0.15, 0.2) is 24.3 Å². The summed E-state index contributed by atoms with van der Waals surface area (Å²) in [5.41, 5.74) is -0.404. The van der Waals surface area contributed by atoms with E-state index in [-0.39, 0.29) is 24.3 Å². The van der Waals surface area contributed by atoms with Gasteiger partial charge in [-0.25, -0.2) is 9.18 Å². The molecule has 0 saturated carbocycles. The number of carboxylic acid groups (broad SMARTS) is 1. The Morgan fingerprint density at radius 2 is 1.95 bits per heavy atom. The lowest BCUT2D eigenvalue weighted by atomic mass is 9.76. The summed E-state index contributed by atoms with van der Waals surface area (Å²) in [6.45, 7) is 4.30. The van der Waals surface area contributed by atoms with E-state index in [1.54, 1.807) is 0 Å². The average Bonchev–Trinajstić information content (AvgIpc) is 2.88. The molecule has 1 atom stereocenters. The second kappa shape index (κ2) is 5.71. The van der Waals surface area contributed by atoms with Crippen molar-refractivity contribution in [1.29, 1.82) is 0 Å². The fraction of sp³-hybridized carbons (Fsp3) is 0.467. The number of benzene rings is 1. The van der Waals surface area contributed by atoms with Crippen molar-refractivity contribution in [2.75, 3.05) is 18.4 Å². The second-order valence-corrected chi connectivity index (χ2v) is 5.72. The van der Waals surface area contributed by atoms with Crippen LogP contribution in [-0.2, 0) is 4.79 Å². The van der Waals surface area contributed by atoms with E-state index in [1.807, 2.05) is 13.8 Å². The van der Waals surface area contributed by atoms with Crippen molar-refractivity contribution in [2.24, 2.45) is 11.3 Å². The van der Waals surface area contributed by atoms with Crippen molar-refractivity contribution in [1.82, 2.24) is 4.90 Å². The Morgan fingerprint density at radius 1 is 1.33 bits per heavy atom. The van der Waals surface area contributed by atoms with Gasteiger partial charge in [0, 0.05) is 18.8 Å². The zero-order valence-electron chi connectivity index (χ0n) is 12.1. The minimum Gasteiger partial charge on any atom is -0.481 e. The number of halogens is 1. The fourth-order valence-electron chi connectivity index (χ4n) is 2.64. The molecule has 2 N–H and O–H groups in total. The van der Waals surface area contributed by atoms with Gasteiger partial charge in [0.05, 0.1) is 5.41 Å². The second-order valence-electron chi connectivity index (χ2n) is 5.72. The Labute approximate surface area is 122 Å². The van der Waals surface area contributed by atoms with Crippen molar-refractivity contribution in [2.45, 2.75) is 20.3 Å². The Kier molecular flexibility index (Phi) is 4.16. The monoisotopic (exact) mass is 294 g/mol. The summed E-state index contributed by atoms with van der Waals surface area (Å²) in [6, 6.07) is 5.10. The van der Waals surface area contributed by atoms with Crippen molar-refractivity contribution in [3.63, 3.8) is 0 Å². The number of aliphatic carboxylic acids is 1. The molecule has 0 spiro atoms. The predicted molar refractivity (Wildman–Crippen MR) is 76.5 cm³/mol. The van der Waals surface area contributed by atoms with Gasteiger partial charge in [0.25, 0.3) is 0 Å². The van der Waals surface area contributed by atoms with Crippen LogP contribution in [0.5, 0.6) is 0 Å². The molecule has 1 aliphatic heterocycles. The first-order valence-corrected chi connectivity index (χ1v) is 6.90. The lowest BCUT2D eigenvalue weighted by molar-refractivity contribution is -0.150. The SMILES string of the molecule is CC(C)C1(C(=O)O)CCN(C(=O)Nc2ccc(F)cc2)C1. The first-order valence-electron chi connectivity index (χ1n) is 6.90. The minimum absolute atomic E-state index is 0.0568. The third-order valence-corrected chi connectivity index (χ3v) is 4.21. The molecule has 1 fully saturated rings. The summed E-state index contributed by atoms with van der Waals surface area (Å²) in [6.07, 6.45) is 0.441. The number of anilines is 1. The molecule has 1 unspecified atom stereocenters. The van der Waals surface area contributed by atoms with Gasteiger partial charge in [0.2, 0.25) is 0 Å². The summed E-state index contributed by atoms with van der Waals surface area (Å²) >= 11 is 0. The molecule has 5 nitrogen and oxygen atoms in total. The molecule has 114 valence electrons. The van der Waals surface area contributed by atoms with Crippen LogP contribution >= 0.6 is 0 Å². The van der Waals surface area contributed by atoms with Crippen LogP contribution in [-0.4, -0.2) is 35.1 Å².